The van der Waals surface area contributed by atoms with Gasteiger partial charge in [-0.2, -0.15) is 0 Å². The maximum Gasteiger partial charge on any atom is 0.271 e. The van der Waals surface area contributed by atoms with Gasteiger partial charge in [-0.15, -0.1) is 0 Å². The van der Waals surface area contributed by atoms with Crippen molar-refractivity contribution in [2.75, 3.05) is 37.5 Å². The van der Waals surface area contributed by atoms with E-state index in [-0.39, 0.29) is 22.7 Å². The number of ether oxygens (including phenoxy) is 1. The summed E-state index contributed by atoms with van der Waals surface area (Å²) in [4.78, 5) is 32.3. The number of carbonyl (C=O) groups is 1. The number of nitrogens with zero attached hydrogens (tertiary/aromatic N) is 5. The van der Waals surface area contributed by atoms with E-state index < -0.39 is 0 Å². The maximum atomic E-state index is 12.6. The van der Waals surface area contributed by atoms with Gasteiger partial charge in [-0.05, 0) is 31.6 Å². The zero-order valence-electron chi connectivity index (χ0n) is 16.2. The fourth-order valence-electron chi connectivity index (χ4n) is 3.66. The summed E-state index contributed by atoms with van der Waals surface area (Å²) in [5, 5.41) is 3.80. The molecule has 1 amide bonds. The SMILES string of the molecule is CSc1ncc(Cl)c(C(=O)NC2CCN(c3nccc(C4CCOCC4)n3)C2)n1. The Bertz CT molecular complexity index is 880. The lowest BCUT2D eigenvalue weighted by Crippen LogP contribution is -2.38. The van der Waals surface area contributed by atoms with Gasteiger partial charge in [-0.1, -0.05) is 23.4 Å². The zero-order chi connectivity index (χ0) is 20.2. The van der Waals surface area contributed by atoms with Crippen LogP contribution in [0.4, 0.5) is 5.95 Å². The Morgan fingerprint density at radius 3 is 2.90 bits per heavy atom. The van der Waals surface area contributed by atoms with E-state index in [4.69, 9.17) is 21.3 Å². The Balaban J connectivity index is 1.40. The van der Waals surface area contributed by atoms with Crippen molar-refractivity contribution in [2.24, 2.45) is 0 Å². The van der Waals surface area contributed by atoms with Crippen molar-refractivity contribution in [1.29, 1.82) is 0 Å². The Labute approximate surface area is 178 Å². The number of hydrogen-bond donors (Lipinski definition) is 1. The second kappa shape index (κ2) is 9.23. The van der Waals surface area contributed by atoms with Crippen molar-refractivity contribution in [2.45, 2.75) is 36.4 Å². The van der Waals surface area contributed by atoms with Crippen LogP contribution < -0.4 is 10.2 Å². The summed E-state index contributed by atoms with van der Waals surface area (Å²) >= 11 is 7.48. The molecule has 2 fully saturated rings. The molecule has 2 saturated heterocycles. The second-order valence-corrected chi connectivity index (χ2v) is 8.31. The van der Waals surface area contributed by atoms with E-state index in [1.54, 1.807) is 0 Å². The average Bonchev–Trinajstić information content (AvgIpc) is 3.23. The van der Waals surface area contributed by atoms with Gasteiger partial charge in [0.15, 0.2) is 10.9 Å². The van der Waals surface area contributed by atoms with E-state index >= 15 is 0 Å². The first-order chi connectivity index (χ1) is 14.1. The molecule has 2 aliphatic heterocycles. The molecule has 1 unspecified atom stereocenters. The summed E-state index contributed by atoms with van der Waals surface area (Å²) in [5.41, 5.74) is 1.28. The zero-order valence-corrected chi connectivity index (χ0v) is 17.7. The average molecular weight is 435 g/mol. The van der Waals surface area contributed by atoms with Crippen LogP contribution in [0.25, 0.3) is 0 Å². The minimum absolute atomic E-state index is 0.0124. The molecular weight excluding hydrogens is 412 g/mol. The third kappa shape index (κ3) is 4.79. The molecule has 8 nitrogen and oxygen atoms in total. The van der Waals surface area contributed by atoms with Crippen LogP contribution in [-0.2, 0) is 4.74 Å². The highest BCUT2D eigenvalue weighted by Gasteiger charge is 2.28. The summed E-state index contributed by atoms with van der Waals surface area (Å²) in [6.07, 6.45) is 7.94. The molecule has 154 valence electrons. The van der Waals surface area contributed by atoms with Gasteiger partial charge in [0, 0.05) is 50.2 Å². The van der Waals surface area contributed by atoms with Gasteiger partial charge in [-0.25, -0.2) is 19.9 Å². The van der Waals surface area contributed by atoms with Crippen LogP contribution in [0.5, 0.6) is 0 Å². The molecule has 1 N–H and O–H groups in total. The number of anilines is 1. The van der Waals surface area contributed by atoms with Gasteiger partial charge < -0.3 is 15.0 Å². The quantitative estimate of drug-likeness (QED) is 0.566. The van der Waals surface area contributed by atoms with E-state index in [2.05, 4.69) is 25.2 Å². The number of aromatic nitrogens is 4. The smallest absolute Gasteiger partial charge is 0.271 e. The predicted molar refractivity (Wildman–Crippen MR) is 112 cm³/mol. The molecular formula is C19H23ClN6O2S. The Morgan fingerprint density at radius 2 is 2.10 bits per heavy atom. The summed E-state index contributed by atoms with van der Waals surface area (Å²) in [5.74, 6) is 0.862. The minimum Gasteiger partial charge on any atom is -0.381 e. The third-order valence-corrected chi connectivity index (χ3v) is 6.07. The second-order valence-electron chi connectivity index (χ2n) is 7.13. The molecule has 1 atom stereocenters. The van der Waals surface area contributed by atoms with Crippen molar-refractivity contribution in [3.63, 3.8) is 0 Å². The van der Waals surface area contributed by atoms with Crippen molar-refractivity contribution >= 4 is 35.2 Å². The summed E-state index contributed by atoms with van der Waals surface area (Å²) < 4.78 is 5.45. The van der Waals surface area contributed by atoms with Crippen LogP contribution >= 0.6 is 23.4 Å². The summed E-state index contributed by atoms with van der Waals surface area (Å²) in [7, 11) is 0. The number of hydrogen-bond acceptors (Lipinski definition) is 8. The van der Waals surface area contributed by atoms with Crippen LogP contribution in [0.3, 0.4) is 0 Å². The number of halogens is 1. The topological polar surface area (TPSA) is 93.1 Å². The van der Waals surface area contributed by atoms with Crippen molar-refractivity contribution in [3.05, 3.63) is 34.9 Å². The molecule has 4 heterocycles. The van der Waals surface area contributed by atoms with E-state index in [1.165, 1.54) is 18.0 Å². The van der Waals surface area contributed by atoms with Crippen LogP contribution in [0, 0.1) is 0 Å². The first-order valence-corrected chi connectivity index (χ1v) is 11.3. The standard InChI is InChI=1S/C19H23ClN6O2S/c1-29-19-22-10-14(20)16(25-19)17(27)23-13-3-7-26(11-13)18-21-6-2-15(24-18)12-4-8-28-9-5-12/h2,6,10,12-13H,3-5,7-9,11H2,1H3,(H,23,27). The van der Waals surface area contributed by atoms with Crippen LogP contribution in [-0.4, -0.2) is 64.4 Å². The molecule has 0 radical (unpaired) electrons. The molecule has 2 aliphatic rings. The fraction of sp³-hybridized carbons (Fsp3) is 0.526. The number of nitrogens with one attached hydrogen (secondary N) is 1. The van der Waals surface area contributed by atoms with Crippen LogP contribution in [0.2, 0.25) is 5.02 Å². The van der Waals surface area contributed by atoms with Crippen LogP contribution in [0.1, 0.15) is 41.4 Å². The Kier molecular flexibility index (Phi) is 6.46. The lowest BCUT2D eigenvalue weighted by atomic mass is 9.96. The van der Waals surface area contributed by atoms with Gasteiger partial charge in [-0.3, -0.25) is 4.79 Å². The van der Waals surface area contributed by atoms with E-state index in [9.17, 15) is 4.79 Å². The molecule has 29 heavy (non-hydrogen) atoms. The number of carbonyl (C=O) groups excluding carboxylic acids is 1. The molecule has 0 saturated carbocycles. The van der Waals surface area contributed by atoms with Crippen LogP contribution in [0.15, 0.2) is 23.6 Å². The highest BCUT2D eigenvalue weighted by Crippen LogP contribution is 2.27. The van der Waals surface area contributed by atoms with E-state index in [1.807, 2.05) is 18.5 Å². The van der Waals surface area contributed by atoms with Gasteiger partial charge in [0.05, 0.1) is 11.2 Å². The first-order valence-electron chi connectivity index (χ1n) is 9.67. The molecule has 0 aliphatic carbocycles. The monoisotopic (exact) mass is 434 g/mol. The molecule has 0 aromatic carbocycles. The lowest BCUT2D eigenvalue weighted by molar-refractivity contribution is 0.0845. The van der Waals surface area contributed by atoms with Crippen molar-refractivity contribution < 1.29 is 9.53 Å². The van der Waals surface area contributed by atoms with E-state index in [0.29, 0.717) is 17.6 Å². The highest BCUT2D eigenvalue weighted by atomic mass is 35.5. The number of rotatable bonds is 5. The normalized spacial score (nSPS) is 20.1. The third-order valence-electron chi connectivity index (χ3n) is 5.23. The van der Waals surface area contributed by atoms with Gasteiger partial charge in [0.1, 0.15) is 0 Å². The fourth-order valence-corrected chi connectivity index (χ4v) is 4.17. The Hall–Kier alpha value is -1.97. The molecule has 2 aromatic rings. The highest BCUT2D eigenvalue weighted by molar-refractivity contribution is 7.98. The van der Waals surface area contributed by atoms with Crippen molar-refractivity contribution in [1.82, 2.24) is 25.3 Å². The lowest BCUT2D eigenvalue weighted by Gasteiger charge is -2.23. The largest absolute Gasteiger partial charge is 0.381 e. The van der Waals surface area contributed by atoms with Gasteiger partial charge in [0.25, 0.3) is 5.91 Å². The van der Waals surface area contributed by atoms with Crippen molar-refractivity contribution in [3.8, 4) is 0 Å². The predicted octanol–water partition coefficient (Wildman–Crippen LogP) is 2.54. The minimum atomic E-state index is -0.281. The van der Waals surface area contributed by atoms with E-state index in [0.717, 1.165) is 50.7 Å². The van der Waals surface area contributed by atoms with Gasteiger partial charge >= 0.3 is 0 Å². The summed E-state index contributed by atoms with van der Waals surface area (Å²) in [6.45, 7) is 3.01. The summed E-state index contributed by atoms with van der Waals surface area (Å²) in [6, 6.07) is 1.98. The molecule has 0 bridgehead atoms. The number of thioether (sulfide) groups is 1. The Morgan fingerprint density at radius 1 is 1.28 bits per heavy atom. The molecule has 4 rings (SSSR count). The maximum absolute atomic E-state index is 12.6. The molecule has 2 aromatic heterocycles. The van der Waals surface area contributed by atoms with Gasteiger partial charge in [0.2, 0.25) is 5.95 Å². The molecule has 0 spiro atoms. The number of amides is 1. The first kappa shape index (κ1) is 20.3. The molecule has 10 heteroatoms.